The van der Waals surface area contributed by atoms with E-state index in [0.29, 0.717) is 0 Å². The minimum atomic E-state index is -0.189. The van der Waals surface area contributed by atoms with E-state index < -0.39 is 0 Å². The molecule has 1 saturated carbocycles. The van der Waals surface area contributed by atoms with Crippen LogP contribution in [0.1, 0.15) is 32.1 Å². The Morgan fingerprint density at radius 2 is 1.70 bits per heavy atom. The molecule has 120 valence electrons. The number of anilines is 1. The van der Waals surface area contributed by atoms with Crippen molar-refractivity contribution in [2.24, 2.45) is 5.92 Å². The van der Waals surface area contributed by atoms with Crippen LogP contribution in [0.4, 0.5) is 5.69 Å². The number of benzene rings is 2. The average molecular weight is 310 g/mol. The van der Waals surface area contributed by atoms with Crippen LogP contribution in [0.3, 0.4) is 0 Å². The van der Waals surface area contributed by atoms with Gasteiger partial charge in [-0.2, -0.15) is 0 Å². The zero-order valence-electron chi connectivity index (χ0n) is 13.2. The topological polar surface area (TPSA) is 58.2 Å². The highest BCUT2D eigenvalue weighted by Gasteiger charge is 2.21. The lowest BCUT2D eigenvalue weighted by molar-refractivity contribution is -0.128. The van der Waals surface area contributed by atoms with Gasteiger partial charge in [0.25, 0.3) is 0 Å². The lowest BCUT2D eigenvalue weighted by Crippen LogP contribution is -2.37. The van der Waals surface area contributed by atoms with Crippen LogP contribution in [0.5, 0.6) is 0 Å². The Bertz CT molecular complexity index is 700. The molecule has 0 aromatic heterocycles. The number of fused-ring (bicyclic) bond motifs is 1. The molecule has 0 spiro atoms. The minimum absolute atomic E-state index is 0.0118. The SMILES string of the molecule is O=C(CNC(=O)C1CCCCC1)Nc1cccc2ccccc12. The van der Waals surface area contributed by atoms with E-state index in [4.69, 9.17) is 0 Å². The summed E-state index contributed by atoms with van der Waals surface area (Å²) in [5.74, 6) is -0.0996. The summed E-state index contributed by atoms with van der Waals surface area (Å²) in [6.07, 6.45) is 5.32. The number of hydrogen-bond donors (Lipinski definition) is 2. The quantitative estimate of drug-likeness (QED) is 0.908. The molecule has 2 amide bonds. The van der Waals surface area contributed by atoms with Gasteiger partial charge in [0, 0.05) is 17.0 Å². The van der Waals surface area contributed by atoms with E-state index in [1.54, 1.807) is 0 Å². The number of rotatable bonds is 4. The Labute approximate surface area is 136 Å². The van der Waals surface area contributed by atoms with Crippen LogP contribution in [-0.4, -0.2) is 18.4 Å². The molecule has 0 saturated heterocycles. The Kier molecular flexibility index (Phi) is 4.91. The lowest BCUT2D eigenvalue weighted by Gasteiger charge is -2.20. The summed E-state index contributed by atoms with van der Waals surface area (Å²) in [5.41, 5.74) is 0.778. The molecule has 0 radical (unpaired) electrons. The van der Waals surface area contributed by atoms with Crippen molar-refractivity contribution < 1.29 is 9.59 Å². The lowest BCUT2D eigenvalue weighted by atomic mass is 9.89. The molecule has 0 bridgehead atoms. The summed E-state index contributed by atoms with van der Waals surface area (Å²) < 4.78 is 0. The van der Waals surface area contributed by atoms with Crippen LogP contribution in [0.25, 0.3) is 10.8 Å². The Hall–Kier alpha value is -2.36. The highest BCUT2D eigenvalue weighted by molar-refractivity contribution is 6.03. The van der Waals surface area contributed by atoms with Crippen molar-refractivity contribution >= 4 is 28.3 Å². The maximum Gasteiger partial charge on any atom is 0.243 e. The molecule has 2 N–H and O–H groups in total. The van der Waals surface area contributed by atoms with Gasteiger partial charge < -0.3 is 10.6 Å². The van der Waals surface area contributed by atoms with Crippen LogP contribution < -0.4 is 10.6 Å². The number of carbonyl (C=O) groups excluding carboxylic acids is 2. The van der Waals surface area contributed by atoms with Gasteiger partial charge in [0.2, 0.25) is 11.8 Å². The summed E-state index contributed by atoms with van der Waals surface area (Å²) in [6.45, 7) is 0.0263. The predicted octanol–water partition coefficient (Wildman–Crippen LogP) is 3.47. The van der Waals surface area contributed by atoms with E-state index in [0.717, 1.165) is 42.1 Å². The Morgan fingerprint density at radius 3 is 2.52 bits per heavy atom. The summed E-state index contributed by atoms with van der Waals surface area (Å²) in [5, 5.41) is 7.74. The number of hydrogen-bond acceptors (Lipinski definition) is 2. The fourth-order valence-corrected chi connectivity index (χ4v) is 3.21. The number of amides is 2. The standard InChI is InChI=1S/C19H22N2O2/c22-18(13-20-19(23)15-8-2-1-3-9-15)21-17-12-6-10-14-7-4-5-11-16(14)17/h4-7,10-12,15H,1-3,8-9,13H2,(H,20,23)(H,21,22). The summed E-state index contributed by atoms with van der Waals surface area (Å²) >= 11 is 0. The van der Waals surface area contributed by atoms with Gasteiger partial charge in [0.05, 0.1) is 6.54 Å². The third-order valence-electron chi connectivity index (χ3n) is 4.46. The van der Waals surface area contributed by atoms with Crippen molar-refractivity contribution in [3.05, 3.63) is 42.5 Å². The molecule has 0 atom stereocenters. The van der Waals surface area contributed by atoms with E-state index in [2.05, 4.69) is 10.6 Å². The second-order valence-corrected chi connectivity index (χ2v) is 6.13. The van der Waals surface area contributed by atoms with E-state index >= 15 is 0 Å². The fourth-order valence-electron chi connectivity index (χ4n) is 3.21. The second-order valence-electron chi connectivity index (χ2n) is 6.13. The van der Waals surface area contributed by atoms with Crippen LogP contribution >= 0.6 is 0 Å². The van der Waals surface area contributed by atoms with E-state index in [9.17, 15) is 9.59 Å². The van der Waals surface area contributed by atoms with Gasteiger partial charge in [0.15, 0.2) is 0 Å². The molecule has 1 fully saturated rings. The predicted molar refractivity (Wildman–Crippen MR) is 92.2 cm³/mol. The molecule has 0 unspecified atom stereocenters. The van der Waals surface area contributed by atoms with Crippen molar-refractivity contribution in [3.8, 4) is 0 Å². The fraction of sp³-hybridized carbons (Fsp3) is 0.368. The van der Waals surface area contributed by atoms with Gasteiger partial charge in [-0.3, -0.25) is 9.59 Å². The smallest absolute Gasteiger partial charge is 0.243 e. The molecule has 3 rings (SSSR count). The molecular formula is C19H22N2O2. The van der Waals surface area contributed by atoms with E-state index in [1.807, 2.05) is 42.5 Å². The Morgan fingerprint density at radius 1 is 0.957 bits per heavy atom. The third-order valence-corrected chi connectivity index (χ3v) is 4.46. The average Bonchev–Trinajstić information content (AvgIpc) is 2.61. The van der Waals surface area contributed by atoms with Crippen molar-refractivity contribution in [1.82, 2.24) is 5.32 Å². The maximum absolute atomic E-state index is 12.1. The molecule has 1 aliphatic carbocycles. The van der Waals surface area contributed by atoms with Crippen LogP contribution in [-0.2, 0) is 9.59 Å². The highest BCUT2D eigenvalue weighted by Crippen LogP contribution is 2.24. The molecule has 4 nitrogen and oxygen atoms in total. The zero-order chi connectivity index (χ0) is 16.1. The normalized spacial score (nSPS) is 15.3. The van der Waals surface area contributed by atoms with Crippen LogP contribution in [0, 0.1) is 5.92 Å². The maximum atomic E-state index is 12.1. The van der Waals surface area contributed by atoms with E-state index in [-0.39, 0.29) is 24.3 Å². The first-order valence-electron chi connectivity index (χ1n) is 8.29. The molecule has 2 aromatic carbocycles. The van der Waals surface area contributed by atoms with Crippen molar-refractivity contribution in [3.63, 3.8) is 0 Å². The van der Waals surface area contributed by atoms with Gasteiger partial charge in [0.1, 0.15) is 0 Å². The van der Waals surface area contributed by atoms with Gasteiger partial charge in [-0.25, -0.2) is 0 Å². The first kappa shape index (κ1) is 15.5. The largest absolute Gasteiger partial charge is 0.347 e. The van der Waals surface area contributed by atoms with Gasteiger partial charge >= 0.3 is 0 Å². The second kappa shape index (κ2) is 7.27. The van der Waals surface area contributed by atoms with Crippen molar-refractivity contribution in [2.45, 2.75) is 32.1 Å². The van der Waals surface area contributed by atoms with Gasteiger partial charge in [-0.1, -0.05) is 55.7 Å². The van der Waals surface area contributed by atoms with Crippen LogP contribution in [0.15, 0.2) is 42.5 Å². The van der Waals surface area contributed by atoms with E-state index in [1.165, 1.54) is 6.42 Å². The summed E-state index contributed by atoms with van der Waals surface area (Å²) in [6, 6.07) is 13.7. The summed E-state index contributed by atoms with van der Waals surface area (Å²) in [4.78, 5) is 24.2. The molecule has 0 aliphatic heterocycles. The molecule has 4 heteroatoms. The number of carbonyl (C=O) groups is 2. The van der Waals surface area contributed by atoms with Crippen molar-refractivity contribution in [2.75, 3.05) is 11.9 Å². The van der Waals surface area contributed by atoms with Crippen molar-refractivity contribution in [1.29, 1.82) is 0 Å². The Balaban J connectivity index is 1.57. The molecular weight excluding hydrogens is 288 g/mol. The third kappa shape index (κ3) is 3.89. The molecule has 23 heavy (non-hydrogen) atoms. The van der Waals surface area contributed by atoms with Gasteiger partial charge in [-0.05, 0) is 24.3 Å². The minimum Gasteiger partial charge on any atom is -0.347 e. The summed E-state index contributed by atoms with van der Waals surface area (Å²) in [7, 11) is 0. The van der Waals surface area contributed by atoms with Crippen LogP contribution in [0.2, 0.25) is 0 Å². The molecule has 2 aromatic rings. The molecule has 0 heterocycles. The number of nitrogens with one attached hydrogen (secondary N) is 2. The monoisotopic (exact) mass is 310 g/mol. The first-order chi connectivity index (χ1) is 11.2. The van der Waals surface area contributed by atoms with Gasteiger partial charge in [-0.15, -0.1) is 0 Å². The molecule has 1 aliphatic rings. The highest BCUT2D eigenvalue weighted by atomic mass is 16.2. The first-order valence-corrected chi connectivity index (χ1v) is 8.29. The zero-order valence-corrected chi connectivity index (χ0v) is 13.2.